The molecule has 41 heavy (non-hydrogen) atoms. The van der Waals surface area contributed by atoms with Gasteiger partial charge in [-0.2, -0.15) is 0 Å². The largest absolute Gasteiger partial charge is 0.469 e. The van der Waals surface area contributed by atoms with Gasteiger partial charge < -0.3 is 14.3 Å². The summed E-state index contributed by atoms with van der Waals surface area (Å²) in [4.78, 5) is 36.7. The van der Waals surface area contributed by atoms with E-state index in [9.17, 15) is 14.4 Å². The van der Waals surface area contributed by atoms with Crippen molar-refractivity contribution in [2.24, 2.45) is 57.2 Å². The molecule has 0 bridgehead atoms. The highest BCUT2D eigenvalue weighted by Crippen LogP contribution is 2.75. The average Bonchev–Trinajstić information content (AvgIpc) is 2.94. The van der Waals surface area contributed by atoms with Crippen molar-refractivity contribution in [1.82, 2.24) is 0 Å². The Morgan fingerprint density at radius 2 is 1.71 bits per heavy atom. The van der Waals surface area contributed by atoms with E-state index >= 15 is 0 Å². The second kappa shape index (κ2) is 11.1. The maximum atomic E-state index is 13.5. The summed E-state index contributed by atoms with van der Waals surface area (Å²) in [6.07, 6.45) is 15.6. The quantitative estimate of drug-likeness (QED) is 0.134. The number of rotatable bonds is 7. The summed E-state index contributed by atoms with van der Waals surface area (Å²) in [5.74, 6) is 2.79. The van der Waals surface area contributed by atoms with Crippen molar-refractivity contribution in [1.29, 1.82) is 0 Å². The second-order valence-electron chi connectivity index (χ2n) is 15.7. The van der Waals surface area contributed by atoms with E-state index in [4.69, 9.17) is 9.47 Å². The van der Waals surface area contributed by atoms with Crippen molar-refractivity contribution >= 4 is 18.2 Å². The molecule has 0 aliphatic heterocycles. The second-order valence-corrected chi connectivity index (χ2v) is 15.7. The van der Waals surface area contributed by atoms with Gasteiger partial charge in [-0.25, -0.2) is 0 Å². The van der Waals surface area contributed by atoms with Crippen molar-refractivity contribution in [3.05, 3.63) is 11.6 Å². The summed E-state index contributed by atoms with van der Waals surface area (Å²) in [6.45, 7) is 14.8. The molecule has 230 valence electrons. The SMILES string of the molecule is COC(=O)C12CC[C@@H](C)C(C)C1C1=CCC3C4(C)CCC(OC(=O)CCCCC=O)C(C)C4CCC3(C)[C@]1(C)CC2. The normalized spacial score (nSPS) is 47.0. The van der Waals surface area contributed by atoms with Crippen LogP contribution in [0.3, 0.4) is 0 Å². The predicted octanol–water partition coefficient (Wildman–Crippen LogP) is 8.10. The lowest BCUT2D eigenvalue weighted by molar-refractivity contribution is -0.196. The Labute approximate surface area is 249 Å². The molecule has 0 aromatic heterocycles. The predicted molar refractivity (Wildman–Crippen MR) is 161 cm³/mol. The molecule has 5 rings (SSSR count). The molecule has 0 aromatic rings. The molecule has 0 spiro atoms. The van der Waals surface area contributed by atoms with Gasteiger partial charge in [0.2, 0.25) is 0 Å². The fraction of sp³-hybridized carbons (Fsp3) is 0.861. The molecule has 0 aromatic carbocycles. The van der Waals surface area contributed by atoms with Crippen LogP contribution in [0, 0.1) is 57.2 Å². The molecule has 9 unspecified atom stereocenters. The summed E-state index contributed by atoms with van der Waals surface area (Å²) in [5.41, 5.74) is 1.71. The molecule has 5 aliphatic rings. The molecule has 0 radical (unpaired) electrons. The van der Waals surface area contributed by atoms with E-state index in [0.29, 0.717) is 42.4 Å². The lowest BCUT2D eigenvalue weighted by Gasteiger charge is -2.70. The third kappa shape index (κ3) is 4.57. The van der Waals surface area contributed by atoms with Crippen LogP contribution in [0.25, 0.3) is 0 Å². The number of allylic oxidation sites excluding steroid dienone is 2. The van der Waals surface area contributed by atoms with Gasteiger partial charge in [-0.15, -0.1) is 0 Å². The first-order chi connectivity index (χ1) is 19.4. The molecular formula is C36H56O5. The molecule has 0 heterocycles. The smallest absolute Gasteiger partial charge is 0.312 e. The van der Waals surface area contributed by atoms with Gasteiger partial charge in [-0.1, -0.05) is 53.2 Å². The van der Waals surface area contributed by atoms with Crippen molar-refractivity contribution in [2.75, 3.05) is 7.11 Å². The lowest BCUT2D eigenvalue weighted by atomic mass is 9.34. The van der Waals surface area contributed by atoms with Gasteiger partial charge in [0.25, 0.3) is 0 Å². The first kappa shape index (κ1) is 30.8. The Balaban J connectivity index is 1.40. The average molecular weight is 569 g/mol. The van der Waals surface area contributed by atoms with Crippen LogP contribution in [0.2, 0.25) is 0 Å². The Morgan fingerprint density at radius 1 is 0.951 bits per heavy atom. The van der Waals surface area contributed by atoms with E-state index < -0.39 is 0 Å². The standard InChI is InChI=1S/C36H56O5/c1-23-14-19-36(32(39)40-7)21-20-34(5)27(31(36)24(23)2)12-13-29-33(4)17-16-28(41-30(38)11-9-8-10-22-37)25(3)26(33)15-18-35(29,34)6/h12,22-26,28-29,31H,8-11,13-21H2,1-7H3/t23-,24?,25?,26?,28?,29?,31?,33?,34-,35?,36?/m1/s1. The van der Waals surface area contributed by atoms with E-state index in [1.807, 2.05) is 0 Å². The summed E-state index contributed by atoms with van der Waals surface area (Å²) < 4.78 is 11.6. The zero-order valence-corrected chi connectivity index (χ0v) is 26.9. The fourth-order valence-electron chi connectivity index (χ4n) is 11.5. The number of carbonyl (C=O) groups excluding carboxylic acids is 3. The van der Waals surface area contributed by atoms with Crippen LogP contribution in [0.1, 0.15) is 125 Å². The van der Waals surface area contributed by atoms with E-state index in [0.717, 1.165) is 64.1 Å². The lowest BCUT2D eigenvalue weighted by Crippen LogP contribution is -2.64. The number of fused-ring (bicyclic) bond motifs is 7. The van der Waals surface area contributed by atoms with Gasteiger partial charge in [0.15, 0.2) is 0 Å². The van der Waals surface area contributed by atoms with Gasteiger partial charge in [-0.3, -0.25) is 9.59 Å². The van der Waals surface area contributed by atoms with Gasteiger partial charge in [-0.05, 0) is 122 Å². The maximum absolute atomic E-state index is 13.5. The topological polar surface area (TPSA) is 69.7 Å². The summed E-state index contributed by atoms with van der Waals surface area (Å²) in [6, 6.07) is 0. The molecule has 4 saturated carbocycles. The molecule has 0 saturated heterocycles. The highest BCUT2D eigenvalue weighted by atomic mass is 16.5. The highest BCUT2D eigenvalue weighted by molar-refractivity contribution is 5.78. The molecule has 5 nitrogen and oxygen atoms in total. The van der Waals surface area contributed by atoms with Gasteiger partial charge in [0.1, 0.15) is 12.4 Å². The molecule has 0 N–H and O–H groups in total. The number of esters is 2. The minimum Gasteiger partial charge on any atom is -0.469 e. The van der Waals surface area contributed by atoms with Crippen LogP contribution in [0.15, 0.2) is 11.6 Å². The minimum atomic E-state index is -0.361. The number of hydrogen-bond donors (Lipinski definition) is 0. The van der Waals surface area contributed by atoms with Crippen LogP contribution >= 0.6 is 0 Å². The number of aldehydes is 1. The Hall–Kier alpha value is -1.65. The molecule has 11 atom stereocenters. The Bertz CT molecular complexity index is 1060. The summed E-state index contributed by atoms with van der Waals surface area (Å²) >= 11 is 0. The first-order valence-corrected chi connectivity index (χ1v) is 16.8. The number of methoxy groups -OCH3 is 1. The molecule has 5 heteroatoms. The first-order valence-electron chi connectivity index (χ1n) is 16.8. The molecule has 0 amide bonds. The van der Waals surface area contributed by atoms with E-state index in [2.05, 4.69) is 47.6 Å². The molecule has 5 aliphatic carbocycles. The minimum absolute atomic E-state index is 0.00112. The molecule has 4 fully saturated rings. The fourth-order valence-corrected chi connectivity index (χ4v) is 11.5. The summed E-state index contributed by atoms with van der Waals surface area (Å²) in [5, 5.41) is 0. The number of unbranched alkanes of at least 4 members (excludes halogenated alkanes) is 2. The maximum Gasteiger partial charge on any atom is 0.312 e. The number of carbonyl (C=O) groups is 3. The third-order valence-corrected chi connectivity index (χ3v) is 14.3. The van der Waals surface area contributed by atoms with Crippen molar-refractivity contribution in [2.45, 2.75) is 131 Å². The van der Waals surface area contributed by atoms with E-state index in [1.54, 1.807) is 12.7 Å². The zero-order chi connectivity index (χ0) is 29.8. The Kier molecular flexibility index (Phi) is 8.36. The van der Waals surface area contributed by atoms with Crippen LogP contribution in [-0.2, 0) is 23.9 Å². The number of ether oxygens (including phenoxy) is 2. The summed E-state index contributed by atoms with van der Waals surface area (Å²) in [7, 11) is 1.59. The monoisotopic (exact) mass is 568 g/mol. The van der Waals surface area contributed by atoms with Gasteiger partial charge in [0, 0.05) is 12.8 Å². The highest BCUT2D eigenvalue weighted by Gasteiger charge is 2.68. The number of hydrogen-bond acceptors (Lipinski definition) is 5. The van der Waals surface area contributed by atoms with Crippen molar-refractivity contribution in [3.63, 3.8) is 0 Å². The van der Waals surface area contributed by atoms with E-state index in [1.165, 1.54) is 12.8 Å². The van der Waals surface area contributed by atoms with Crippen LogP contribution in [-0.4, -0.2) is 31.4 Å². The van der Waals surface area contributed by atoms with E-state index in [-0.39, 0.29) is 45.6 Å². The Morgan fingerprint density at radius 3 is 2.41 bits per heavy atom. The van der Waals surface area contributed by atoms with Crippen LogP contribution < -0.4 is 0 Å². The van der Waals surface area contributed by atoms with Gasteiger partial charge >= 0.3 is 11.9 Å². The zero-order valence-electron chi connectivity index (χ0n) is 26.9. The third-order valence-electron chi connectivity index (χ3n) is 14.3. The van der Waals surface area contributed by atoms with Crippen LogP contribution in [0.5, 0.6) is 0 Å². The van der Waals surface area contributed by atoms with Crippen molar-refractivity contribution < 1.29 is 23.9 Å². The molecular weight excluding hydrogens is 512 g/mol. The van der Waals surface area contributed by atoms with Crippen molar-refractivity contribution in [3.8, 4) is 0 Å². The van der Waals surface area contributed by atoms with Gasteiger partial charge in [0.05, 0.1) is 12.5 Å². The van der Waals surface area contributed by atoms with Crippen LogP contribution in [0.4, 0.5) is 0 Å².